The summed E-state index contributed by atoms with van der Waals surface area (Å²) in [7, 11) is 0. The van der Waals surface area contributed by atoms with E-state index in [1.165, 1.54) is 12.8 Å². The Morgan fingerprint density at radius 2 is 2.50 bits per heavy atom. The fraction of sp³-hybridized carbons (Fsp3) is 0.571. The first kappa shape index (κ1) is 5.77. The Morgan fingerprint density at radius 1 is 1.50 bits per heavy atom. The average Bonchev–Trinajstić information content (AvgIpc) is 2.28. The summed E-state index contributed by atoms with van der Waals surface area (Å²) in [5.74, 6) is 1.01. The van der Waals surface area contributed by atoms with Gasteiger partial charge >= 0.3 is 0 Å². The van der Waals surface area contributed by atoms with Crippen LogP contribution in [0.25, 0.3) is 0 Å². The van der Waals surface area contributed by atoms with Gasteiger partial charge in [0.15, 0.2) is 5.76 Å². The molecule has 0 aromatic carbocycles. The number of aryl methyl sites for hydroxylation is 1. The molecule has 1 aliphatic heterocycles. The standard InChI is InChI=1S/C7H10N2O/c1-2-4-8-6-5-9-10-7(6)3-1/h5,8H,1-4H2. The number of hydrogen-bond acceptors (Lipinski definition) is 3. The second kappa shape index (κ2) is 2.33. The van der Waals surface area contributed by atoms with E-state index in [9.17, 15) is 0 Å². The van der Waals surface area contributed by atoms with Crippen molar-refractivity contribution in [3.05, 3.63) is 12.0 Å². The number of nitrogens with one attached hydrogen (secondary N) is 1. The number of fused-ring (bicyclic) bond motifs is 1. The van der Waals surface area contributed by atoms with Gasteiger partial charge in [-0.1, -0.05) is 5.16 Å². The monoisotopic (exact) mass is 138 g/mol. The molecule has 0 spiro atoms. The quantitative estimate of drug-likeness (QED) is 0.589. The van der Waals surface area contributed by atoms with Gasteiger partial charge in [-0.25, -0.2) is 0 Å². The van der Waals surface area contributed by atoms with Gasteiger partial charge < -0.3 is 9.84 Å². The maximum Gasteiger partial charge on any atom is 0.159 e. The van der Waals surface area contributed by atoms with E-state index >= 15 is 0 Å². The molecular formula is C7H10N2O. The minimum absolute atomic E-state index is 1.01. The molecule has 2 rings (SSSR count). The number of rotatable bonds is 0. The molecule has 0 saturated heterocycles. The van der Waals surface area contributed by atoms with E-state index in [0.717, 1.165) is 24.4 Å². The van der Waals surface area contributed by atoms with Crippen molar-refractivity contribution in [3.63, 3.8) is 0 Å². The molecule has 1 aromatic heterocycles. The van der Waals surface area contributed by atoms with Crippen molar-refractivity contribution >= 4 is 5.69 Å². The van der Waals surface area contributed by atoms with E-state index in [1.54, 1.807) is 6.20 Å². The molecule has 1 N–H and O–H groups in total. The number of aromatic nitrogens is 1. The molecule has 0 bridgehead atoms. The summed E-state index contributed by atoms with van der Waals surface area (Å²) in [6, 6.07) is 0. The highest BCUT2D eigenvalue weighted by atomic mass is 16.5. The van der Waals surface area contributed by atoms with Crippen LogP contribution in [-0.2, 0) is 6.42 Å². The predicted octanol–water partition coefficient (Wildman–Crippen LogP) is 1.42. The lowest BCUT2D eigenvalue weighted by molar-refractivity contribution is 0.382. The van der Waals surface area contributed by atoms with Gasteiger partial charge in [-0.3, -0.25) is 0 Å². The second-order valence-electron chi connectivity index (χ2n) is 2.55. The topological polar surface area (TPSA) is 38.1 Å². The molecular weight excluding hydrogens is 128 g/mol. The van der Waals surface area contributed by atoms with Crippen LogP contribution in [0.3, 0.4) is 0 Å². The van der Waals surface area contributed by atoms with Gasteiger partial charge in [0.05, 0.1) is 11.9 Å². The molecule has 1 aliphatic rings. The fourth-order valence-electron chi connectivity index (χ4n) is 1.22. The molecule has 0 unspecified atom stereocenters. The first-order valence-electron chi connectivity index (χ1n) is 3.64. The minimum atomic E-state index is 1.01. The molecule has 54 valence electrons. The second-order valence-corrected chi connectivity index (χ2v) is 2.55. The summed E-state index contributed by atoms with van der Waals surface area (Å²) in [4.78, 5) is 0. The summed E-state index contributed by atoms with van der Waals surface area (Å²) >= 11 is 0. The Bertz CT molecular complexity index is 199. The maximum absolute atomic E-state index is 5.02. The number of hydrogen-bond donors (Lipinski definition) is 1. The SMILES string of the molecule is c1noc2c1NCCCC2. The van der Waals surface area contributed by atoms with Crippen molar-refractivity contribution in [1.29, 1.82) is 0 Å². The van der Waals surface area contributed by atoms with E-state index in [4.69, 9.17) is 4.52 Å². The molecule has 0 fully saturated rings. The van der Waals surface area contributed by atoms with Gasteiger partial charge in [0, 0.05) is 13.0 Å². The molecule has 10 heavy (non-hydrogen) atoms. The van der Waals surface area contributed by atoms with E-state index in [1.807, 2.05) is 0 Å². The lowest BCUT2D eigenvalue weighted by atomic mass is 10.2. The Morgan fingerprint density at radius 3 is 3.50 bits per heavy atom. The van der Waals surface area contributed by atoms with Crippen molar-refractivity contribution in [2.45, 2.75) is 19.3 Å². The smallest absolute Gasteiger partial charge is 0.159 e. The van der Waals surface area contributed by atoms with Crippen molar-refractivity contribution < 1.29 is 4.52 Å². The summed E-state index contributed by atoms with van der Waals surface area (Å²) in [6.45, 7) is 1.05. The molecule has 0 saturated carbocycles. The minimum Gasteiger partial charge on any atom is -0.381 e. The molecule has 0 aliphatic carbocycles. The van der Waals surface area contributed by atoms with Crippen LogP contribution in [-0.4, -0.2) is 11.7 Å². The Labute approximate surface area is 59.4 Å². The van der Waals surface area contributed by atoms with E-state index in [0.29, 0.717) is 0 Å². The third-order valence-corrected chi connectivity index (χ3v) is 1.79. The summed E-state index contributed by atoms with van der Waals surface area (Å²) in [5, 5.41) is 6.96. The van der Waals surface area contributed by atoms with Crippen LogP contribution >= 0.6 is 0 Å². The lowest BCUT2D eigenvalue weighted by Gasteiger charge is -1.95. The Hall–Kier alpha value is -0.990. The molecule has 0 amide bonds. The first-order chi connectivity index (χ1) is 4.97. The van der Waals surface area contributed by atoms with Gasteiger partial charge in [-0.2, -0.15) is 0 Å². The zero-order valence-corrected chi connectivity index (χ0v) is 5.76. The normalized spacial score (nSPS) is 17.2. The van der Waals surface area contributed by atoms with Gasteiger partial charge in [0.2, 0.25) is 0 Å². The fourth-order valence-corrected chi connectivity index (χ4v) is 1.22. The van der Waals surface area contributed by atoms with Crippen LogP contribution < -0.4 is 5.32 Å². The summed E-state index contributed by atoms with van der Waals surface area (Å²) < 4.78 is 5.02. The van der Waals surface area contributed by atoms with E-state index in [-0.39, 0.29) is 0 Å². The van der Waals surface area contributed by atoms with Gasteiger partial charge in [0.25, 0.3) is 0 Å². The van der Waals surface area contributed by atoms with E-state index in [2.05, 4.69) is 10.5 Å². The summed E-state index contributed by atoms with van der Waals surface area (Å²) in [5.41, 5.74) is 1.08. The van der Waals surface area contributed by atoms with Crippen molar-refractivity contribution in [2.24, 2.45) is 0 Å². The molecule has 1 aromatic rings. The lowest BCUT2D eigenvalue weighted by Crippen LogP contribution is -1.97. The van der Waals surface area contributed by atoms with E-state index < -0.39 is 0 Å². The molecule has 0 atom stereocenters. The van der Waals surface area contributed by atoms with Crippen LogP contribution in [0.5, 0.6) is 0 Å². The molecule has 3 nitrogen and oxygen atoms in total. The zero-order chi connectivity index (χ0) is 6.81. The highest BCUT2D eigenvalue weighted by molar-refractivity contribution is 5.44. The van der Waals surface area contributed by atoms with Crippen molar-refractivity contribution in [3.8, 4) is 0 Å². The predicted molar refractivity (Wildman–Crippen MR) is 37.9 cm³/mol. The highest BCUT2D eigenvalue weighted by Gasteiger charge is 2.09. The Kier molecular flexibility index (Phi) is 1.34. The molecule has 0 radical (unpaired) electrons. The van der Waals surface area contributed by atoms with Crippen LogP contribution in [0.4, 0.5) is 5.69 Å². The van der Waals surface area contributed by atoms with Crippen LogP contribution in [0.15, 0.2) is 10.7 Å². The third kappa shape index (κ3) is 0.875. The van der Waals surface area contributed by atoms with Crippen molar-refractivity contribution in [1.82, 2.24) is 5.16 Å². The average molecular weight is 138 g/mol. The highest BCUT2D eigenvalue weighted by Crippen LogP contribution is 2.19. The summed E-state index contributed by atoms with van der Waals surface area (Å²) in [6.07, 6.45) is 5.21. The Balaban J connectivity index is 2.28. The van der Waals surface area contributed by atoms with Crippen LogP contribution in [0.2, 0.25) is 0 Å². The van der Waals surface area contributed by atoms with Crippen LogP contribution in [0.1, 0.15) is 18.6 Å². The largest absolute Gasteiger partial charge is 0.381 e. The molecule has 2 heterocycles. The molecule has 3 heteroatoms. The van der Waals surface area contributed by atoms with Gasteiger partial charge in [0.1, 0.15) is 0 Å². The first-order valence-corrected chi connectivity index (χ1v) is 3.64. The maximum atomic E-state index is 5.02. The van der Waals surface area contributed by atoms with Crippen LogP contribution in [0, 0.1) is 0 Å². The number of anilines is 1. The number of nitrogens with zero attached hydrogens (tertiary/aromatic N) is 1. The zero-order valence-electron chi connectivity index (χ0n) is 5.76. The third-order valence-electron chi connectivity index (χ3n) is 1.79. The van der Waals surface area contributed by atoms with Gasteiger partial charge in [-0.05, 0) is 12.8 Å². The van der Waals surface area contributed by atoms with Crippen molar-refractivity contribution in [2.75, 3.05) is 11.9 Å². The van der Waals surface area contributed by atoms with Gasteiger partial charge in [-0.15, -0.1) is 0 Å².